The van der Waals surface area contributed by atoms with Gasteiger partial charge in [0.1, 0.15) is 18.1 Å². The molecule has 13 nitrogen and oxygen atoms in total. The number of nitrogens with two attached hydrogens (primary N) is 2. The van der Waals surface area contributed by atoms with E-state index < -0.39 is 73.1 Å². The summed E-state index contributed by atoms with van der Waals surface area (Å²) in [7, 11) is 0. The lowest BCUT2D eigenvalue weighted by Gasteiger charge is -2.23. The fraction of sp³-hybridized carbons (Fsp3) is 0.571. The van der Waals surface area contributed by atoms with Gasteiger partial charge >= 0.3 is 11.9 Å². The van der Waals surface area contributed by atoms with E-state index in [1.54, 1.807) is 0 Å². The lowest BCUT2D eigenvalue weighted by atomic mass is 10.1. The molecule has 0 heterocycles. The van der Waals surface area contributed by atoms with Gasteiger partial charge in [-0.1, -0.05) is 0 Å². The van der Waals surface area contributed by atoms with E-state index in [4.69, 9.17) is 21.7 Å². The summed E-state index contributed by atoms with van der Waals surface area (Å²) in [5.74, 6) is -6.48. The molecule has 0 aliphatic rings. The molecule has 0 bridgehead atoms. The number of carboxylic acids is 2. The molecule has 0 spiro atoms. The zero-order valence-electron chi connectivity index (χ0n) is 14.7. The Labute approximate surface area is 165 Å². The zero-order valence-corrected chi connectivity index (χ0v) is 15.6. The Hall–Kier alpha value is -2.87. The number of rotatable bonds is 13. The second-order valence-electron chi connectivity index (χ2n) is 5.57. The molecule has 0 saturated heterocycles. The number of thiol groups is 1. The average molecular weight is 421 g/mol. The molecule has 4 amide bonds. The highest BCUT2D eigenvalue weighted by molar-refractivity contribution is 7.80. The van der Waals surface area contributed by atoms with Gasteiger partial charge < -0.3 is 37.6 Å². The van der Waals surface area contributed by atoms with Gasteiger partial charge in [-0.25, -0.2) is 4.79 Å². The standard InChI is InChI=1S/C14H23N5O8S/c15-4-10(21)17-7(3-9(16)20)12(24)19-8(5-28)13(25)18-6(14(26)27)1-2-11(22)23/h6-8,28H,1-5,15H2,(H2,16,20)(H,17,21)(H,18,25)(H,19,24)(H,22,23)(H,26,27). The maximum atomic E-state index is 12.3. The number of carbonyl (C=O) groups excluding carboxylic acids is 4. The summed E-state index contributed by atoms with van der Waals surface area (Å²) in [6, 6.07) is -4.22. The quantitative estimate of drug-likeness (QED) is 0.136. The van der Waals surface area contributed by atoms with E-state index in [2.05, 4.69) is 28.6 Å². The first-order chi connectivity index (χ1) is 13.0. The second-order valence-corrected chi connectivity index (χ2v) is 5.94. The van der Waals surface area contributed by atoms with E-state index in [0.29, 0.717) is 0 Å². The third-order valence-corrected chi connectivity index (χ3v) is 3.68. The number of carbonyl (C=O) groups is 6. The van der Waals surface area contributed by atoms with Gasteiger partial charge in [0.25, 0.3) is 0 Å². The summed E-state index contributed by atoms with van der Waals surface area (Å²) in [4.78, 5) is 68.6. The minimum atomic E-state index is -1.50. The highest BCUT2D eigenvalue weighted by Gasteiger charge is 2.29. The van der Waals surface area contributed by atoms with E-state index in [1.807, 2.05) is 0 Å². The van der Waals surface area contributed by atoms with Crippen molar-refractivity contribution in [3.63, 3.8) is 0 Å². The zero-order chi connectivity index (χ0) is 21.9. The van der Waals surface area contributed by atoms with Gasteiger partial charge in [-0.15, -0.1) is 0 Å². The molecular weight excluding hydrogens is 398 g/mol. The van der Waals surface area contributed by atoms with Crippen molar-refractivity contribution in [1.29, 1.82) is 0 Å². The highest BCUT2D eigenvalue weighted by Crippen LogP contribution is 2.01. The molecule has 0 aromatic heterocycles. The van der Waals surface area contributed by atoms with Crippen LogP contribution in [0.1, 0.15) is 19.3 Å². The predicted octanol–water partition coefficient (Wildman–Crippen LogP) is -3.85. The Morgan fingerprint density at radius 1 is 0.893 bits per heavy atom. The molecule has 9 N–H and O–H groups in total. The Balaban J connectivity index is 5.09. The van der Waals surface area contributed by atoms with Crippen LogP contribution in [0.5, 0.6) is 0 Å². The molecule has 158 valence electrons. The number of hydrogen-bond donors (Lipinski definition) is 8. The summed E-state index contributed by atoms with van der Waals surface area (Å²) in [6.45, 7) is -0.455. The van der Waals surface area contributed by atoms with Crippen molar-refractivity contribution in [2.24, 2.45) is 11.5 Å². The molecule has 0 radical (unpaired) electrons. The smallest absolute Gasteiger partial charge is 0.326 e. The van der Waals surface area contributed by atoms with Crippen molar-refractivity contribution in [3.05, 3.63) is 0 Å². The third kappa shape index (κ3) is 9.72. The highest BCUT2D eigenvalue weighted by atomic mass is 32.1. The van der Waals surface area contributed by atoms with E-state index in [0.717, 1.165) is 0 Å². The lowest BCUT2D eigenvalue weighted by molar-refractivity contribution is -0.143. The Morgan fingerprint density at radius 3 is 1.86 bits per heavy atom. The monoisotopic (exact) mass is 421 g/mol. The molecule has 0 fully saturated rings. The van der Waals surface area contributed by atoms with E-state index in [-0.39, 0.29) is 12.2 Å². The maximum absolute atomic E-state index is 12.3. The topological polar surface area (TPSA) is 231 Å². The number of hydrogen-bond acceptors (Lipinski definition) is 8. The Bertz CT molecular complexity index is 629. The van der Waals surface area contributed by atoms with Gasteiger partial charge in [0.2, 0.25) is 23.6 Å². The van der Waals surface area contributed by atoms with Crippen molar-refractivity contribution in [2.75, 3.05) is 12.3 Å². The fourth-order valence-corrected chi connectivity index (χ4v) is 2.18. The van der Waals surface area contributed by atoms with Crippen LogP contribution in [0.3, 0.4) is 0 Å². The van der Waals surface area contributed by atoms with Gasteiger partial charge in [0.05, 0.1) is 13.0 Å². The van der Waals surface area contributed by atoms with Crippen LogP contribution >= 0.6 is 12.6 Å². The molecule has 3 unspecified atom stereocenters. The Morgan fingerprint density at radius 2 is 1.43 bits per heavy atom. The van der Waals surface area contributed by atoms with Gasteiger partial charge in [-0.05, 0) is 6.42 Å². The van der Waals surface area contributed by atoms with Crippen LogP contribution < -0.4 is 27.4 Å². The normalized spacial score (nSPS) is 13.5. The number of carboxylic acid groups (broad SMARTS) is 2. The van der Waals surface area contributed by atoms with Crippen LogP contribution in [-0.2, 0) is 28.8 Å². The van der Waals surface area contributed by atoms with Gasteiger partial charge in [0, 0.05) is 12.2 Å². The molecule has 0 rings (SSSR count). The fourth-order valence-electron chi connectivity index (χ4n) is 1.93. The van der Waals surface area contributed by atoms with E-state index in [9.17, 15) is 28.8 Å². The largest absolute Gasteiger partial charge is 0.481 e. The number of amides is 4. The van der Waals surface area contributed by atoms with Crippen LogP contribution in [0.2, 0.25) is 0 Å². The molecule has 0 aliphatic heterocycles. The lowest BCUT2D eigenvalue weighted by Crippen LogP contribution is -2.57. The van der Waals surface area contributed by atoms with Crippen molar-refractivity contribution < 1.29 is 39.0 Å². The molecule has 14 heteroatoms. The van der Waals surface area contributed by atoms with Gasteiger partial charge in [-0.2, -0.15) is 12.6 Å². The molecular formula is C14H23N5O8S. The summed E-state index contributed by atoms with van der Waals surface area (Å²) < 4.78 is 0. The minimum absolute atomic E-state index is 0.253. The average Bonchev–Trinajstić information content (AvgIpc) is 2.60. The molecule has 28 heavy (non-hydrogen) atoms. The van der Waals surface area contributed by atoms with Crippen molar-refractivity contribution in [1.82, 2.24) is 16.0 Å². The summed E-state index contributed by atoms with van der Waals surface area (Å²) in [5, 5.41) is 24.2. The van der Waals surface area contributed by atoms with Crippen molar-refractivity contribution in [2.45, 2.75) is 37.4 Å². The number of primary amides is 1. The molecule has 0 aliphatic carbocycles. The first-order valence-corrected chi connectivity index (χ1v) is 8.59. The van der Waals surface area contributed by atoms with Crippen LogP contribution in [-0.4, -0.2) is 76.2 Å². The van der Waals surface area contributed by atoms with E-state index in [1.165, 1.54) is 0 Å². The van der Waals surface area contributed by atoms with Gasteiger partial charge in [0.15, 0.2) is 0 Å². The van der Waals surface area contributed by atoms with Crippen molar-refractivity contribution in [3.8, 4) is 0 Å². The van der Waals surface area contributed by atoms with Gasteiger partial charge in [-0.3, -0.25) is 24.0 Å². The van der Waals surface area contributed by atoms with Crippen molar-refractivity contribution >= 4 is 48.2 Å². The predicted molar refractivity (Wildman–Crippen MR) is 97.0 cm³/mol. The first-order valence-electron chi connectivity index (χ1n) is 7.95. The van der Waals surface area contributed by atoms with Crippen LogP contribution in [0.25, 0.3) is 0 Å². The second kappa shape index (κ2) is 12.5. The first kappa shape index (κ1) is 25.1. The Kier molecular flexibility index (Phi) is 11.2. The minimum Gasteiger partial charge on any atom is -0.481 e. The molecule has 0 aromatic carbocycles. The summed E-state index contributed by atoms with van der Waals surface area (Å²) in [6.07, 6.45) is -1.43. The van der Waals surface area contributed by atoms with Crippen LogP contribution in [0.4, 0.5) is 0 Å². The summed E-state index contributed by atoms with van der Waals surface area (Å²) in [5.41, 5.74) is 10.1. The SMILES string of the molecule is NCC(=O)NC(CC(N)=O)C(=O)NC(CS)C(=O)NC(CCC(=O)O)C(=O)O. The van der Waals surface area contributed by atoms with Crippen LogP contribution in [0, 0.1) is 0 Å². The molecule has 0 saturated carbocycles. The van der Waals surface area contributed by atoms with Crippen LogP contribution in [0.15, 0.2) is 0 Å². The van der Waals surface area contributed by atoms with E-state index >= 15 is 0 Å². The number of nitrogens with one attached hydrogen (secondary N) is 3. The molecule has 0 aromatic rings. The summed E-state index contributed by atoms with van der Waals surface area (Å²) >= 11 is 3.90. The maximum Gasteiger partial charge on any atom is 0.326 e. The third-order valence-electron chi connectivity index (χ3n) is 3.32. The molecule has 3 atom stereocenters. The number of aliphatic carboxylic acids is 2.